The molecule has 1 aromatic carbocycles. The molecular formula is C18H23N2O3S2+. The Morgan fingerprint density at radius 2 is 2.00 bits per heavy atom. The third kappa shape index (κ3) is 5.95. The molecule has 0 atom stereocenters. The van der Waals surface area contributed by atoms with Gasteiger partial charge in [0.2, 0.25) is 0 Å². The maximum absolute atomic E-state index is 12.5. The molecule has 134 valence electrons. The number of thiocarbonyl (C=S) groups is 1. The van der Waals surface area contributed by atoms with Crippen LogP contribution in [0.15, 0.2) is 29.2 Å². The minimum Gasteiger partial charge on any atom is -0.460 e. The molecule has 0 aliphatic carbocycles. The molecule has 7 heteroatoms. The van der Waals surface area contributed by atoms with Crippen molar-refractivity contribution in [2.75, 3.05) is 33.8 Å². The Hall–Kier alpha value is -1.70. The molecule has 2 rings (SSSR count). The summed E-state index contributed by atoms with van der Waals surface area (Å²) in [4.78, 5) is 27.5. The predicted molar refractivity (Wildman–Crippen MR) is 104 cm³/mol. The third-order valence-corrected chi connectivity index (χ3v) is 5.03. The van der Waals surface area contributed by atoms with Crippen molar-refractivity contribution in [2.45, 2.75) is 13.3 Å². The van der Waals surface area contributed by atoms with E-state index in [-0.39, 0.29) is 24.8 Å². The number of nitrogens with zero attached hydrogens (tertiary/aromatic N) is 1. The summed E-state index contributed by atoms with van der Waals surface area (Å²) in [7, 11) is 3.99. The zero-order chi connectivity index (χ0) is 18.4. The van der Waals surface area contributed by atoms with Crippen LogP contribution in [0.1, 0.15) is 17.5 Å². The van der Waals surface area contributed by atoms with E-state index in [1.807, 2.05) is 51.4 Å². The monoisotopic (exact) mass is 379 g/mol. The van der Waals surface area contributed by atoms with Crippen LogP contribution < -0.4 is 4.90 Å². The normalized spacial score (nSPS) is 16.2. The topological polar surface area (TPSA) is 51.1 Å². The van der Waals surface area contributed by atoms with E-state index < -0.39 is 0 Å². The van der Waals surface area contributed by atoms with Crippen molar-refractivity contribution in [1.29, 1.82) is 0 Å². The molecule has 1 aliphatic heterocycles. The highest BCUT2D eigenvalue weighted by atomic mass is 32.2. The lowest BCUT2D eigenvalue weighted by Gasteiger charge is -2.14. The van der Waals surface area contributed by atoms with Crippen molar-refractivity contribution >= 4 is 46.3 Å². The van der Waals surface area contributed by atoms with Gasteiger partial charge in [0.05, 0.1) is 25.4 Å². The van der Waals surface area contributed by atoms with Gasteiger partial charge in [0, 0.05) is 6.54 Å². The lowest BCUT2D eigenvalue weighted by atomic mass is 10.1. The fourth-order valence-corrected chi connectivity index (χ4v) is 3.46. The van der Waals surface area contributed by atoms with E-state index in [1.54, 1.807) is 0 Å². The van der Waals surface area contributed by atoms with E-state index in [4.69, 9.17) is 17.0 Å². The number of hydrogen-bond acceptors (Lipinski definition) is 5. The standard InChI is InChI=1S/C18H22N2O3S2/c1-13-4-6-14(7-5-13)12-15-17(22)20(18(24)25-15)9-8-16(21)23-11-10-19(2)3/h4-7,12H,8-11H2,1-3H3/p+1/b15-12+. The fourth-order valence-electron chi connectivity index (χ4n) is 2.15. The fraction of sp³-hybridized carbons (Fsp3) is 0.389. The largest absolute Gasteiger partial charge is 0.460 e. The summed E-state index contributed by atoms with van der Waals surface area (Å²) in [6, 6.07) is 7.92. The highest BCUT2D eigenvalue weighted by molar-refractivity contribution is 8.26. The molecule has 0 saturated carbocycles. The van der Waals surface area contributed by atoms with Crippen molar-refractivity contribution in [3.05, 3.63) is 40.3 Å². The number of carbonyl (C=O) groups is 2. The van der Waals surface area contributed by atoms with Gasteiger partial charge in [0.15, 0.2) is 0 Å². The summed E-state index contributed by atoms with van der Waals surface area (Å²) in [6.45, 7) is 3.41. The first-order valence-electron chi connectivity index (χ1n) is 8.13. The van der Waals surface area contributed by atoms with Crippen LogP contribution in [-0.4, -0.2) is 54.9 Å². The number of ether oxygens (including phenoxy) is 1. The first-order valence-corrected chi connectivity index (χ1v) is 9.36. The van der Waals surface area contributed by atoms with E-state index in [0.717, 1.165) is 12.1 Å². The average Bonchev–Trinajstić information content (AvgIpc) is 2.81. The number of esters is 1. The highest BCUT2D eigenvalue weighted by Crippen LogP contribution is 2.32. The molecule has 1 aliphatic rings. The van der Waals surface area contributed by atoms with Gasteiger partial charge in [0.1, 0.15) is 17.5 Å². The van der Waals surface area contributed by atoms with E-state index >= 15 is 0 Å². The first kappa shape index (κ1) is 19.6. The summed E-state index contributed by atoms with van der Waals surface area (Å²) < 4.78 is 5.63. The number of likely N-dealkylation sites (N-methyl/N-ethyl adjacent to an activating group) is 1. The van der Waals surface area contributed by atoms with Crippen LogP contribution in [0.4, 0.5) is 0 Å². The van der Waals surface area contributed by atoms with Crippen LogP contribution in [-0.2, 0) is 14.3 Å². The van der Waals surface area contributed by atoms with Crippen molar-refractivity contribution in [2.24, 2.45) is 0 Å². The molecule has 5 nitrogen and oxygen atoms in total. The average molecular weight is 380 g/mol. The van der Waals surface area contributed by atoms with Crippen LogP contribution in [0.2, 0.25) is 0 Å². The summed E-state index contributed by atoms with van der Waals surface area (Å²) in [5.74, 6) is -0.459. The zero-order valence-corrected chi connectivity index (χ0v) is 16.3. The zero-order valence-electron chi connectivity index (χ0n) is 14.7. The van der Waals surface area contributed by atoms with E-state index in [9.17, 15) is 9.59 Å². The van der Waals surface area contributed by atoms with Gasteiger partial charge in [-0.25, -0.2) is 0 Å². The molecule has 1 amide bonds. The maximum atomic E-state index is 12.5. The third-order valence-electron chi connectivity index (χ3n) is 3.65. The van der Waals surface area contributed by atoms with Gasteiger partial charge in [-0.2, -0.15) is 0 Å². The molecule has 1 aromatic rings. The number of carbonyl (C=O) groups excluding carboxylic acids is 2. The molecule has 0 unspecified atom stereocenters. The molecular weight excluding hydrogens is 356 g/mol. The Morgan fingerprint density at radius 1 is 1.32 bits per heavy atom. The molecule has 0 bridgehead atoms. The Morgan fingerprint density at radius 3 is 2.64 bits per heavy atom. The Kier molecular flexibility index (Phi) is 7.16. The number of aryl methyl sites for hydroxylation is 1. The quantitative estimate of drug-likeness (QED) is 0.439. The van der Waals surface area contributed by atoms with Crippen molar-refractivity contribution in [3.63, 3.8) is 0 Å². The second-order valence-electron chi connectivity index (χ2n) is 6.17. The van der Waals surface area contributed by atoms with Crippen molar-refractivity contribution < 1.29 is 19.2 Å². The van der Waals surface area contributed by atoms with Crippen molar-refractivity contribution in [3.8, 4) is 0 Å². The molecule has 1 N–H and O–H groups in total. The number of quaternary nitrogens is 1. The van der Waals surface area contributed by atoms with Gasteiger partial charge in [-0.3, -0.25) is 14.5 Å². The van der Waals surface area contributed by atoms with Gasteiger partial charge in [0.25, 0.3) is 5.91 Å². The molecule has 1 fully saturated rings. The lowest BCUT2D eigenvalue weighted by Crippen LogP contribution is -3.06. The van der Waals surface area contributed by atoms with Gasteiger partial charge < -0.3 is 9.64 Å². The minimum absolute atomic E-state index is 0.146. The molecule has 0 aromatic heterocycles. The Labute approximate surface area is 158 Å². The van der Waals surface area contributed by atoms with E-state index in [2.05, 4.69) is 0 Å². The number of benzene rings is 1. The van der Waals surface area contributed by atoms with Crippen molar-refractivity contribution in [1.82, 2.24) is 4.90 Å². The molecule has 1 saturated heterocycles. The predicted octanol–water partition coefficient (Wildman–Crippen LogP) is 1.27. The highest BCUT2D eigenvalue weighted by Gasteiger charge is 2.32. The molecule has 0 radical (unpaired) electrons. The smallest absolute Gasteiger partial charge is 0.307 e. The lowest BCUT2D eigenvalue weighted by molar-refractivity contribution is -0.858. The number of thioether (sulfide) groups is 1. The van der Waals surface area contributed by atoms with Gasteiger partial charge in [-0.1, -0.05) is 53.8 Å². The van der Waals surface area contributed by atoms with E-state index in [0.29, 0.717) is 15.8 Å². The minimum atomic E-state index is -0.308. The number of amides is 1. The van der Waals surface area contributed by atoms with Gasteiger partial charge >= 0.3 is 5.97 Å². The SMILES string of the molecule is Cc1ccc(/C=C2/SC(=S)N(CCC(=O)OCC[NH+](C)C)C2=O)cc1. The molecule has 1 heterocycles. The van der Waals surface area contributed by atoms with Crippen LogP contribution in [0.3, 0.4) is 0 Å². The van der Waals surface area contributed by atoms with Crippen LogP contribution in [0.5, 0.6) is 0 Å². The number of nitrogens with one attached hydrogen (secondary N) is 1. The molecule has 25 heavy (non-hydrogen) atoms. The summed E-state index contributed by atoms with van der Waals surface area (Å²) in [5, 5.41) is 0. The molecule has 0 spiro atoms. The van der Waals surface area contributed by atoms with Gasteiger partial charge in [-0.05, 0) is 18.6 Å². The summed E-state index contributed by atoms with van der Waals surface area (Å²) >= 11 is 6.54. The summed E-state index contributed by atoms with van der Waals surface area (Å²) in [6.07, 6.45) is 1.98. The Bertz CT molecular complexity index is 684. The van der Waals surface area contributed by atoms with Crippen LogP contribution >= 0.6 is 24.0 Å². The van der Waals surface area contributed by atoms with Crippen LogP contribution in [0.25, 0.3) is 6.08 Å². The Balaban J connectivity index is 1.90. The van der Waals surface area contributed by atoms with Gasteiger partial charge in [-0.15, -0.1) is 0 Å². The second kappa shape index (κ2) is 9.12. The maximum Gasteiger partial charge on any atom is 0.307 e. The van der Waals surface area contributed by atoms with Crippen LogP contribution in [0, 0.1) is 6.92 Å². The number of rotatable bonds is 7. The van der Waals surface area contributed by atoms with E-state index in [1.165, 1.54) is 27.1 Å². The first-order chi connectivity index (χ1) is 11.9. The summed E-state index contributed by atoms with van der Waals surface area (Å²) in [5.41, 5.74) is 2.12. The number of hydrogen-bond donors (Lipinski definition) is 1. The second-order valence-corrected chi connectivity index (χ2v) is 7.85.